The number of alkyl halides is 3. The summed E-state index contributed by atoms with van der Waals surface area (Å²) in [4.78, 5) is 7.78. The molecule has 9 heteroatoms. The van der Waals surface area contributed by atoms with Gasteiger partial charge >= 0.3 is 6.18 Å². The van der Waals surface area contributed by atoms with E-state index >= 15 is 0 Å². The quantitative estimate of drug-likeness (QED) is 0.695. The number of aromatic nitrogens is 2. The average Bonchev–Trinajstić information content (AvgIpc) is 2.66. The first-order valence-corrected chi connectivity index (χ1v) is 9.68. The van der Waals surface area contributed by atoms with Gasteiger partial charge in [-0.3, -0.25) is 0 Å². The van der Waals surface area contributed by atoms with Crippen LogP contribution in [0.4, 0.5) is 13.2 Å². The van der Waals surface area contributed by atoms with E-state index in [2.05, 4.69) is 14.7 Å². The van der Waals surface area contributed by atoms with E-state index in [4.69, 9.17) is 0 Å². The van der Waals surface area contributed by atoms with Crippen molar-refractivity contribution in [1.29, 1.82) is 0 Å². The van der Waals surface area contributed by atoms with Crippen LogP contribution in [0, 0.1) is 6.92 Å². The van der Waals surface area contributed by atoms with E-state index < -0.39 is 26.7 Å². The molecule has 3 rings (SSSR count). The number of nitrogens with one attached hydrogen (secondary N) is 1. The molecule has 0 aliphatic heterocycles. The number of benzene rings is 2. The van der Waals surface area contributed by atoms with E-state index in [0.29, 0.717) is 17.3 Å². The summed E-state index contributed by atoms with van der Waals surface area (Å²) >= 11 is 0. The molecule has 0 bridgehead atoms. The highest BCUT2D eigenvalue weighted by atomic mass is 32.2. The number of rotatable bonds is 5. The number of hydrogen-bond acceptors (Lipinski definition) is 4. The van der Waals surface area contributed by atoms with Gasteiger partial charge in [-0.25, -0.2) is 23.1 Å². The van der Waals surface area contributed by atoms with E-state index in [0.717, 1.165) is 29.5 Å². The fourth-order valence-corrected chi connectivity index (χ4v) is 3.62. The molecule has 2 aromatic carbocycles. The molecule has 1 aromatic heterocycles. The Labute approximate surface area is 160 Å². The Kier molecular flexibility index (Phi) is 5.48. The second-order valence-electron chi connectivity index (χ2n) is 6.10. The van der Waals surface area contributed by atoms with Gasteiger partial charge in [0.15, 0.2) is 0 Å². The summed E-state index contributed by atoms with van der Waals surface area (Å²) in [6, 6.07) is 12.5. The van der Waals surface area contributed by atoms with Crippen molar-refractivity contribution < 1.29 is 21.6 Å². The van der Waals surface area contributed by atoms with Crippen molar-refractivity contribution in [2.75, 3.05) is 0 Å². The fraction of sp³-hybridized carbons (Fsp3) is 0.158. The summed E-state index contributed by atoms with van der Waals surface area (Å²) in [5, 5.41) is 0. The van der Waals surface area contributed by atoms with Crippen LogP contribution < -0.4 is 4.72 Å². The van der Waals surface area contributed by atoms with Gasteiger partial charge in [0.25, 0.3) is 0 Å². The number of halogens is 3. The van der Waals surface area contributed by atoms with Crippen molar-refractivity contribution in [3.8, 4) is 11.3 Å². The zero-order chi connectivity index (χ0) is 20.4. The van der Waals surface area contributed by atoms with Gasteiger partial charge in [-0.2, -0.15) is 13.2 Å². The first kappa shape index (κ1) is 20.0. The molecule has 0 spiro atoms. The van der Waals surface area contributed by atoms with Crippen LogP contribution in [0.1, 0.15) is 16.8 Å². The molecule has 146 valence electrons. The first-order valence-electron chi connectivity index (χ1n) is 8.20. The van der Waals surface area contributed by atoms with Crippen LogP contribution in [0.2, 0.25) is 0 Å². The van der Waals surface area contributed by atoms with Crippen molar-refractivity contribution in [2.24, 2.45) is 0 Å². The van der Waals surface area contributed by atoms with Crippen LogP contribution in [-0.4, -0.2) is 18.4 Å². The smallest absolute Gasteiger partial charge is 0.242 e. The van der Waals surface area contributed by atoms with Gasteiger partial charge in [0.2, 0.25) is 10.0 Å². The summed E-state index contributed by atoms with van der Waals surface area (Å²) in [6.45, 7) is 1.76. The Morgan fingerprint density at radius 1 is 1.00 bits per heavy atom. The second kappa shape index (κ2) is 7.69. The number of sulfonamides is 1. The molecular weight excluding hydrogens is 391 g/mol. The molecule has 0 amide bonds. The van der Waals surface area contributed by atoms with Crippen LogP contribution in [0.5, 0.6) is 0 Å². The van der Waals surface area contributed by atoms with Crippen molar-refractivity contribution in [3.05, 3.63) is 77.7 Å². The Morgan fingerprint density at radius 3 is 2.46 bits per heavy atom. The van der Waals surface area contributed by atoms with Crippen LogP contribution in [0.15, 0.2) is 65.8 Å². The normalized spacial score (nSPS) is 12.1. The molecule has 0 radical (unpaired) electrons. The molecule has 0 saturated carbocycles. The molecule has 0 unspecified atom stereocenters. The number of nitrogens with zero attached hydrogens (tertiary/aromatic N) is 2. The zero-order valence-electron chi connectivity index (χ0n) is 14.7. The Balaban J connectivity index is 1.79. The van der Waals surface area contributed by atoms with Crippen molar-refractivity contribution in [3.63, 3.8) is 0 Å². The van der Waals surface area contributed by atoms with Crippen LogP contribution >= 0.6 is 0 Å². The highest BCUT2D eigenvalue weighted by Gasteiger charge is 2.31. The van der Waals surface area contributed by atoms with Crippen molar-refractivity contribution >= 4 is 10.0 Å². The Bertz CT molecular complexity index is 1100. The molecule has 0 atom stereocenters. The highest BCUT2D eigenvalue weighted by Crippen LogP contribution is 2.30. The molecule has 0 saturated heterocycles. The largest absolute Gasteiger partial charge is 0.416 e. The topological polar surface area (TPSA) is 72.0 Å². The van der Waals surface area contributed by atoms with Crippen molar-refractivity contribution in [2.45, 2.75) is 24.5 Å². The first-order chi connectivity index (χ1) is 13.1. The molecule has 0 aliphatic rings. The third kappa shape index (κ3) is 4.73. The predicted octanol–water partition coefficient (Wildman–Crippen LogP) is 3.95. The lowest BCUT2D eigenvalue weighted by molar-refractivity contribution is -0.137. The van der Waals surface area contributed by atoms with Gasteiger partial charge in [-0.15, -0.1) is 0 Å². The average molecular weight is 407 g/mol. The van der Waals surface area contributed by atoms with Gasteiger partial charge in [0.05, 0.1) is 16.2 Å². The van der Waals surface area contributed by atoms with Gasteiger partial charge in [0, 0.05) is 17.8 Å². The Morgan fingerprint density at radius 2 is 1.75 bits per heavy atom. The lowest BCUT2D eigenvalue weighted by atomic mass is 10.1. The van der Waals surface area contributed by atoms with Crippen molar-refractivity contribution in [1.82, 2.24) is 14.7 Å². The lowest BCUT2D eigenvalue weighted by Gasteiger charge is -2.11. The Hall–Kier alpha value is -2.78. The van der Waals surface area contributed by atoms with Gasteiger partial charge in [-0.1, -0.05) is 24.3 Å². The molecular formula is C19H16F3N3O2S. The van der Waals surface area contributed by atoms with E-state index in [1.807, 2.05) is 13.0 Å². The van der Waals surface area contributed by atoms with E-state index in [1.165, 1.54) is 6.33 Å². The monoisotopic (exact) mass is 407 g/mol. The number of aryl methyl sites for hydroxylation is 1. The minimum atomic E-state index is -4.62. The second-order valence-corrected chi connectivity index (χ2v) is 7.86. The lowest BCUT2D eigenvalue weighted by Crippen LogP contribution is -2.23. The summed E-state index contributed by atoms with van der Waals surface area (Å²) in [5.41, 5.74) is 1.89. The fourth-order valence-electron chi connectivity index (χ4n) is 2.55. The maximum Gasteiger partial charge on any atom is 0.416 e. The van der Waals surface area contributed by atoms with E-state index in [1.54, 1.807) is 24.3 Å². The van der Waals surface area contributed by atoms with Crippen LogP contribution in [0.3, 0.4) is 0 Å². The summed E-state index contributed by atoms with van der Waals surface area (Å²) in [6.07, 6.45) is -3.18. The summed E-state index contributed by atoms with van der Waals surface area (Å²) in [7, 11) is -4.10. The van der Waals surface area contributed by atoms with E-state index in [-0.39, 0.29) is 6.54 Å². The minimum Gasteiger partial charge on any atom is -0.242 e. The van der Waals surface area contributed by atoms with Gasteiger partial charge in [-0.05, 0) is 42.8 Å². The van der Waals surface area contributed by atoms with Crippen LogP contribution in [0.25, 0.3) is 11.3 Å². The minimum absolute atomic E-state index is 0.0729. The molecule has 1 N–H and O–H groups in total. The molecule has 0 aliphatic carbocycles. The summed E-state index contributed by atoms with van der Waals surface area (Å²) in [5.74, 6) is 0. The third-order valence-corrected chi connectivity index (χ3v) is 5.36. The maximum atomic E-state index is 12.8. The molecule has 5 nitrogen and oxygen atoms in total. The third-order valence-electron chi connectivity index (χ3n) is 3.96. The SMILES string of the molecule is Cc1cc(-c2cccc(CNS(=O)(=O)c3cccc(C(F)(F)F)c3)c2)ncn1. The maximum absolute atomic E-state index is 12.8. The standard InChI is InChI=1S/C19H16F3N3O2S/c1-13-8-18(24-12-23-13)15-5-2-4-14(9-15)11-25-28(26,27)17-7-3-6-16(10-17)19(20,21)22/h2-10,12,25H,11H2,1H3. The summed E-state index contributed by atoms with van der Waals surface area (Å²) < 4.78 is 65.5. The molecule has 3 aromatic rings. The highest BCUT2D eigenvalue weighted by molar-refractivity contribution is 7.89. The van der Waals surface area contributed by atoms with Gasteiger partial charge < -0.3 is 0 Å². The van der Waals surface area contributed by atoms with E-state index in [9.17, 15) is 21.6 Å². The molecule has 1 heterocycles. The predicted molar refractivity (Wildman–Crippen MR) is 97.7 cm³/mol. The zero-order valence-corrected chi connectivity index (χ0v) is 15.6. The van der Waals surface area contributed by atoms with Gasteiger partial charge in [0.1, 0.15) is 6.33 Å². The number of hydrogen-bond donors (Lipinski definition) is 1. The van der Waals surface area contributed by atoms with Crippen LogP contribution in [-0.2, 0) is 22.7 Å². The molecule has 0 fully saturated rings. The molecule has 28 heavy (non-hydrogen) atoms.